The van der Waals surface area contributed by atoms with Crippen LogP contribution in [-0.2, 0) is 6.54 Å². The van der Waals surface area contributed by atoms with Crippen molar-refractivity contribution in [1.29, 1.82) is 0 Å². The summed E-state index contributed by atoms with van der Waals surface area (Å²) in [7, 11) is 0. The topological polar surface area (TPSA) is 42.7 Å². The van der Waals surface area contributed by atoms with E-state index in [0.717, 1.165) is 34.8 Å². The molecule has 0 bridgehead atoms. The summed E-state index contributed by atoms with van der Waals surface area (Å²) in [5.41, 5.74) is 3.45. The van der Waals surface area contributed by atoms with Gasteiger partial charge in [-0.05, 0) is 48.5 Å². The quantitative estimate of drug-likeness (QED) is 0.944. The molecule has 0 fully saturated rings. The van der Waals surface area contributed by atoms with Crippen molar-refractivity contribution in [3.05, 3.63) is 39.8 Å². The van der Waals surface area contributed by atoms with Crippen LogP contribution >= 0.6 is 15.9 Å². The number of hydrogen-bond acceptors (Lipinski definition) is 3. The second kappa shape index (κ2) is 5.63. The molecule has 0 unspecified atom stereocenters. The Balaban J connectivity index is 2.37. The van der Waals surface area contributed by atoms with Crippen molar-refractivity contribution in [3.8, 4) is 5.82 Å². The molecule has 2 rings (SSSR count). The van der Waals surface area contributed by atoms with E-state index in [2.05, 4.69) is 45.2 Å². The van der Waals surface area contributed by atoms with Crippen molar-refractivity contribution >= 4 is 15.9 Å². The van der Waals surface area contributed by atoms with Crippen molar-refractivity contribution in [3.63, 3.8) is 0 Å². The van der Waals surface area contributed by atoms with Gasteiger partial charge in [0.25, 0.3) is 0 Å². The molecule has 0 saturated carbocycles. The summed E-state index contributed by atoms with van der Waals surface area (Å²) in [6, 6.07) is 3.93. The van der Waals surface area contributed by atoms with Crippen LogP contribution in [0.15, 0.2) is 22.8 Å². The van der Waals surface area contributed by atoms with E-state index in [1.54, 1.807) is 6.20 Å². The van der Waals surface area contributed by atoms with Crippen molar-refractivity contribution in [1.82, 2.24) is 20.1 Å². The highest BCUT2D eigenvalue weighted by molar-refractivity contribution is 9.10. The zero-order valence-electron chi connectivity index (χ0n) is 10.9. The maximum Gasteiger partial charge on any atom is 0.153 e. The van der Waals surface area contributed by atoms with Crippen LogP contribution in [-0.4, -0.2) is 21.3 Å². The molecule has 96 valence electrons. The Bertz CT molecular complexity index is 531. The van der Waals surface area contributed by atoms with Gasteiger partial charge >= 0.3 is 0 Å². The monoisotopic (exact) mass is 308 g/mol. The Hall–Kier alpha value is -1.20. The van der Waals surface area contributed by atoms with Crippen molar-refractivity contribution in [2.75, 3.05) is 6.54 Å². The highest BCUT2D eigenvalue weighted by atomic mass is 79.9. The number of rotatable bonds is 4. The standard InChI is InChI=1S/C13H17BrN4/c1-4-15-8-12-9(2)17-18(10(12)3)13-6-5-11(14)7-16-13/h5-7,15H,4,8H2,1-3H3. The largest absolute Gasteiger partial charge is 0.313 e. The molecule has 4 nitrogen and oxygen atoms in total. The number of pyridine rings is 1. The fourth-order valence-electron chi connectivity index (χ4n) is 1.90. The number of aryl methyl sites for hydroxylation is 1. The summed E-state index contributed by atoms with van der Waals surface area (Å²) < 4.78 is 2.87. The first-order valence-electron chi connectivity index (χ1n) is 6.01. The first-order chi connectivity index (χ1) is 8.63. The third-order valence-electron chi connectivity index (χ3n) is 2.92. The molecule has 2 aromatic rings. The zero-order valence-corrected chi connectivity index (χ0v) is 12.5. The van der Waals surface area contributed by atoms with E-state index in [1.807, 2.05) is 23.7 Å². The summed E-state index contributed by atoms with van der Waals surface area (Å²) in [6.45, 7) is 8.03. The van der Waals surface area contributed by atoms with Crippen LogP contribution in [0.2, 0.25) is 0 Å². The van der Waals surface area contributed by atoms with Gasteiger partial charge in [-0.25, -0.2) is 9.67 Å². The molecule has 2 aromatic heterocycles. The molecule has 0 spiro atoms. The fraction of sp³-hybridized carbons (Fsp3) is 0.385. The fourth-order valence-corrected chi connectivity index (χ4v) is 2.13. The summed E-state index contributed by atoms with van der Waals surface area (Å²) in [4.78, 5) is 4.38. The highest BCUT2D eigenvalue weighted by Crippen LogP contribution is 2.17. The molecule has 5 heteroatoms. The molecule has 1 N–H and O–H groups in total. The zero-order chi connectivity index (χ0) is 13.1. The van der Waals surface area contributed by atoms with E-state index >= 15 is 0 Å². The first-order valence-corrected chi connectivity index (χ1v) is 6.80. The van der Waals surface area contributed by atoms with Crippen molar-refractivity contribution in [2.24, 2.45) is 0 Å². The van der Waals surface area contributed by atoms with Gasteiger partial charge in [-0.15, -0.1) is 0 Å². The molecule has 18 heavy (non-hydrogen) atoms. The average molecular weight is 309 g/mol. The molecule has 0 aliphatic rings. The second-order valence-electron chi connectivity index (χ2n) is 4.18. The summed E-state index contributed by atoms with van der Waals surface area (Å²) in [5, 5.41) is 7.90. The molecule has 0 aliphatic carbocycles. The Morgan fingerprint density at radius 2 is 2.11 bits per heavy atom. The van der Waals surface area contributed by atoms with Crippen LogP contribution in [0.1, 0.15) is 23.9 Å². The van der Waals surface area contributed by atoms with E-state index in [-0.39, 0.29) is 0 Å². The van der Waals surface area contributed by atoms with Gasteiger partial charge in [0.15, 0.2) is 5.82 Å². The minimum absolute atomic E-state index is 0.849. The molecule has 0 aliphatic heterocycles. The molecular weight excluding hydrogens is 292 g/mol. The number of nitrogens with zero attached hydrogens (tertiary/aromatic N) is 3. The Labute approximate surface area is 116 Å². The van der Waals surface area contributed by atoms with Crippen LogP contribution in [0.3, 0.4) is 0 Å². The summed E-state index contributed by atoms with van der Waals surface area (Å²) in [6.07, 6.45) is 1.79. The number of nitrogens with one attached hydrogen (secondary N) is 1. The average Bonchev–Trinajstić information content (AvgIpc) is 2.64. The smallest absolute Gasteiger partial charge is 0.153 e. The molecule has 0 amide bonds. The highest BCUT2D eigenvalue weighted by Gasteiger charge is 2.12. The molecule has 0 saturated heterocycles. The van der Waals surface area contributed by atoms with E-state index < -0.39 is 0 Å². The lowest BCUT2D eigenvalue weighted by Gasteiger charge is -2.05. The predicted molar refractivity (Wildman–Crippen MR) is 75.9 cm³/mol. The molecule has 2 heterocycles. The predicted octanol–water partition coefficient (Wildman–Crippen LogP) is 2.76. The molecule has 0 aromatic carbocycles. The third kappa shape index (κ3) is 2.62. The maximum absolute atomic E-state index is 4.56. The number of aromatic nitrogens is 3. The van der Waals surface area contributed by atoms with Gasteiger partial charge < -0.3 is 5.32 Å². The normalized spacial score (nSPS) is 10.9. The SMILES string of the molecule is CCNCc1c(C)nn(-c2ccc(Br)cn2)c1C. The van der Waals surface area contributed by atoms with E-state index in [1.165, 1.54) is 5.56 Å². The van der Waals surface area contributed by atoms with Gasteiger partial charge in [-0.2, -0.15) is 5.10 Å². The van der Waals surface area contributed by atoms with Gasteiger partial charge in [-0.1, -0.05) is 6.92 Å². The van der Waals surface area contributed by atoms with Gasteiger partial charge in [0.05, 0.1) is 5.69 Å². The number of hydrogen-bond donors (Lipinski definition) is 1. The summed E-state index contributed by atoms with van der Waals surface area (Å²) >= 11 is 3.39. The van der Waals surface area contributed by atoms with Gasteiger partial charge in [-0.3, -0.25) is 0 Å². The first kappa shape index (κ1) is 13.2. The van der Waals surface area contributed by atoms with Crippen LogP contribution in [0.5, 0.6) is 0 Å². The molecule has 0 radical (unpaired) electrons. The lowest BCUT2D eigenvalue weighted by molar-refractivity contribution is 0.719. The van der Waals surface area contributed by atoms with Crippen molar-refractivity contribution in [2.45, 2.75) is 27.3 Å². The molecule has 0 atom stereocenters. The van der Waals surface area contributed by atoms with E-state index in [0.29, 0.717) is 0 Å². The second-order valence-corrected chi connectivity index (χ2v) is 5.09. The molecular formula is C13H17BrN4. The maximum atomic E-state index is 4.56. The van der Waals surface area contributed by atoms with Crippen LogP contribution in [0.25, 0.3) is 5.82 Å². The van der Waals surface area contributed by atoms with Crippen LogP contribution in [0.4, 0.5) is 0 Å². The summed E-state index contributed by atoms with van der Waals surface area (Å²) in [5.74, 6) is 0.849. The minimum atomic E-state index is 0.849. The van der Waals surface area contributed by atoms with Gasteiger partial charge in [0.1, 0.15) is 0 Å². The number of halogens is 1. The Morgan fingerprint density at radius 3 is 2.72 bits per heavy atom. The van der Waals surface area contributed by atoms with Crippen LogP contribution in [0, 0.1) is 13.8 Å². The van der Waals surface area contributed by atoms with Crippen molar-refractivity contribution < 1.29 is 0 Å². The third-order valence-corrected chi connectivity index (χ3v) is 3.39. The Morgan fingerprint density at radius 1 is 1.33 bits per heavy atom. The van der Waals surface area contributed by atoms with Gasteiger partial charge in [0, 0.05) is 28.5 Å². The lowest BCUT2D eigenvalue weighted by atomic mass is 10.2. The lowest BCUT2D eigenvalue weighted by Crippen LogP contribution is -2.13. The van der Waals surface area contributed by atoms with Gasteiger partial charge in [0.2, 0.25) is 0 Å². The van der Waals surface area contributed by atoms with E-state index in [4.69, 9.17) is 0 Å². The van der Waals surface area contributed by atoms with E-state index in [9.17, 15) is 0 Å². The Kier molecular flexibility index (Phi) is 4.14. The van der Waals surface area contributed by atoms with Crippen LogP contribution < -0.4 is 5.32 Å². The minimum Gasteiger partial charge on any atom is -0.313 e.